The number of alkyl halides is 2. The molecule has 0 spiro atoms. The third kappa shape index (κ3) is 5.05. The van der Waals surface area contributed by atoms with Crippen molar-refractivity contribution in [2.75, 3.05) is 25.5 Å². The zero-order valence-electron chi connectivity index (χ0n) is 18.4. The van der Waals surface area contributed by atoms with E-state index in [9.17, 15) is 17.2 Å². The molecule has 0 unspecified atom stereocenters. The van der Waals surface area contributed by atoms with Crippen molar-refractivity contribution in [1.29, 1.82) is 0 Å². The fourth-order valence-corrected chi connectivity index (χ4v) is 4.71. The van der Waals surface area contributed by atoms with E-state index in [1.54, 1.807) is 0 Å². The fraction of sp³-hybridized carbons (Fsp3) is 0.200. The van der Waals surface area contributed by atoms with E-state index in [-0.39, 0.29) is 32.9 Å². The second-order valence-electron chi connectivity index (χ2n) is 6.92. The van der Waals surface area contributed by atoms with Crippen LogP contribution in [0, 0.1) is 0 Å². The molecule has 0 fully saturated rings. The van der Waals surface area contributed by atoms with Gasteiger partial charge in [-0.05, 0) is 12.1 Å². The number of ether oxygens (including phenoxy) is 3. The van der Waals surface area contributed by atoms with E-state index in [1.165, 1.54) is 44.9 Å². The SMILES string of the molecule is COc1nc(NS(=O)(=O)c2c[nH]c3c(-c4cnc(Cl)cn4)c(Cl)ccc23)nc(OC)c1OCC(F)F. The van der Waals surface area contributed by atoms with Gasteiger partial charge in [-0.15, -0.1) is 0 Å². The quantitative estimate of drug-likeness (QED) is 0.308. The van der Waals surface area contributed by atoms with Gasteiger partial charge in [-0.3, -0.25) is 4.98 Å². The zero-order valence-corrected chi connectivity index (χ0v) is 20.7. The summed E-state index contributed by atoms with van der Waals surface area (Å²) in [5.74, 6) is -1.37. The van der Waals surface area contributed by atoms with Crippen LogP contribution >= 0.6 is 23.2 Å². The number of fused-ring (bicyclic) bond motifs is 1. The van der Waals surface area contributed by atoms with Gasteiger partial charge in [-0.2, -0.15) is 9.97 Å². The molecule has 3 aromatic heterocycles. The summed E-state index contributed by atoms with van der Waals surface area (Å²) in [6, 6.07) is 3.03. The molecule has 0 radical (unpaired) electrons. The number of hydrogen-bond donors (Lipinski definition) is 2. The van der Waals surface area contributed by atoms with Crippen LogP contribution in [-0.2, 0) is 10.0 Å². The number of anilines is 1. The van der Waals surface area contributed by atoms with Crippen LogP contribution in [0.15, 0.2) is 35.6 Å². The van der Waals surface area contributed by atoms with Crippen LogP contribution in [0.3, 0.4) is 0 Å². The number of nitrogens with zero attached hydrogens (tertiary/aromatic N) is 4. The van der Waals surface area contributed by atoms with Gasteiger partial charge in [-0.25, -0.2) is 26.9 Å². The van der Waals surface area contributed by atoms with E-state index in [0.717, 1.165) is 0 Å². The molecule has 0 amide bonds. The van der Waals surface area contributed by atoms with E-state index < -0.39 is 29.0 Å². The summed E-state index contributed by atoms with van der Waals surface area (Å²) in [5, 5.41) is 0.766. The molecule has 0 aliphatic rings. The topological polar surface area (TPSA) is 141 Å². The van der Waals surface area contributed by atoms with Crippen LogP contribution in [0.1, 0.15) is 0 Å². The summed E-state index contributed by atoms with van der Waals surface area (Å²) in [7, 11) is -1.89. The van der Waals surface area contributed by atoms with Gasteiger partial charge in [0.2, 0.25) is 11.7 Å². The van der Waals surface area contributed by atoms with E-state index in [1.807, 2.05) is 0 Å². The summed E-state index contributed by atoms with van der Waals surface area (Å²) in [4.78, 5) is 18.7. The molecule has 0 aliphatic heterocycles. The average Bonchev–Trinajstić information content (AvgIpc) is 3.28. The van der Waals surface area contributed by atoms with Gasteiger partial charge in [-0.1, -0.05) is 23.2 Å². The lowest BCUT2D eigenvalue weighted by molar-refractivity contribution is 0.0781. The number of aromatic nitrogens is 5. The molecule has 0 saturated heterocycles. The molecule has 0 saturated carbocycles. The molecule has 36 heavy (non-hydrogen) atoms. The number of hydrogen-bond acceptors (Lipinski definition) is 9. The molecule has 16 heteroatoms. The van der Waals surface area contributed by atoms with Crippen LogP contribution in [0.25, 0.3) is 22.2 Å². The van der Waals surface area contributed by atoms with Crippen LogP contribution in [0.5, 0.6) is 17.5 Å². The summed E-state index contributed by atoms with van der Waals surface area (Å²) < 4.78 is 69.0. The summed E-state index contributed by atoms with van der Waals surface area (Å²) in [6.07, 6.45) is 1.21. The third-order valence-electron chi connectivity index (χ3n) is 4.70. The third-order valence-corrected chi connectivity index (χ3v) is 6.58. The maximum atomic E-state index is 13.3. The maximum absolute atomic E-state index is 13.3. The minimum absolute atomic E-state index is 0.156. The van der Waals surface area contributed by atoms with E-state index in [4.69, 9.17) is 37.4 Å². The Balaban J connectivity index is 1.74. The standard InChI is InChI=1S/C20H16Cl2F2N6O5S/c1-33-18-17(35-8-14(23)24)19(34-2)29-20(28-18)30-36(31,32)12-6-27-16-9(12)3-4-10(21)15(16)11-5-26-13(22)7-25-11/h3-7,14,27H,8H2,1-2H3,(H,28,29,30). The Morgan fingerprint density at radius 3 is 2.36 bits per heavy atom. The van der Waals surface area contributed by atoms with Crippen LogP contribution < -0.4 is 18.9 Å². The molecule has 190 valence electrons. The molecule has 11 nitrogen and oxygen atoms in total. The highest BCUT2D eigenvalue weighted by molar-refractivity contribution is 7.93. The lowest BCUT2D eigenvalue weighted by atomic mass is 10.1. The molecule has 0 atom stereocenters. The monoisotopic (exact) mass is 560 g/mol. The van der Waals surface area contributed by atoms with Crippen LogP contribution in [0.4, 0.5) is 14.7 Å². The number of rotatable bonds is 9. The number of nitrogens with one attached hydrogen (secondary N) is 2. The number of H-pyrrole nitrogens is 1. The van der Waals surface area contributed by atoms with Gasteiger partial charge >= 0.3 is 0 Å². The van der Waals surface area contributed by atoms with E-state index in [2.05, 4.69) is 29.6 Å². The zero-order chi connectivity index (χ0) is 26.0. The van der Waals surface area contributed by atoms with Gasteiger partial charge in [0.05, 0.1) is 42.8 Å². The van der Waals surface area contributed by atoms with Crippen molar-refractivity contribution in [1.82, 2.24) is 24.9 Å². The Hall–Kier alpha value is -3.49. The van der Waals surface area contributed by atoms with Crippen molar-refractivity contribution in [2.45, 2.75) is 11.3 Å². The summed E-state index contributed by atoms with van der Waals surface area (Å²) >= 11 is 12.2. The van der Waals surface area contributed by atoms with Gasteiger partial charge in [0, 0.05) is 17.1 Å². The minimum Gasteiger partial charge on any atom is -0.478 e. The first kappa shape index (κ1) is 25.6. The molecule has 3 heterocycles. The summed E-state index contributed by atoms with van der Waals surface area (Å²) in [6.45, 7) is -0.973. The normalized spacial score (nSPS) is 11.6. The van der Waals surface area contributed by atoms with Crippen molar-refractivity contribution in [2.24, 2.45) is 0 Å². The van der Waals surface area contributed by atoms with Crippen LogP contribution in [-0.4, -0.2) is 60.6 Å². The lowest BCUT2D eigenvalue weighted by Gasteiger charge is -2.14. The lowest BCUT2D eigenvalue weighted by Crippen LogP contribution is -2.16. The predicted octanol–water partition coefficient (Wildman–Crippen LogP) is 4.18. The Bertz CT molecular complexity index is 1490. The second kappa shape index (κ2) is 10.2. The van der Waals surface area contributed by atoms with Gasteiger partial charge in [0.15, 0.2) is 0 Å². The fourth-order valence-electron chi connectivity index (χ4n) is 3.24. The predicted molar refractivity (Wildman–Crippen MR) is 127 cm³/mol. The molecule has 0 aliphatic carbocycles. The van der Waals surface area contributed by atoms with Crippen molar-refractivity contribution in [3.05, 3.63) is 40.9 Å². The molecular weight excluding hydrogens is 545 g/mol. The largest absolute Gasteiger partial charge is 0.478 e. The highest BCUT2D eigenvalue weighted by Crippen LogP contribution is 2.38. The number of methoxy groups -OCH3 is 2. The Labute approximate surface area is 212 Å². The Morgan fingerprint density at radius 1 is 1.08 bits per heavy atom. The van der Waals surface area contributed by atoms with Crippen molar-refractivity contribution < 1.29 is 31.4 Å². The molecular formula is C20H16Cl2F2N6O5S. The molecule has 0 bridgehead atoms. The number of sulfonamides is 1. The Kier molecular flexibility index (Phi) is 7.28. The highest BCUT2D eigenvalue weighted by Gasteiger charge is 2.26. The van der Waals surface area contributed by atoms with Gasteiger partial charge < -0.3 is 19.2 Å². The summed E-state index contributed by atoms with van der Waals surface area (Å²) in [5.41, 5.74) is 1.16. The van der Waals surface area contributed by atoms with Gasteiger partial charge in [0.1, 0.15) is 16.7 Å². The molecule has 4 aromatic rings. The molecule has 4 rings (SSSR count). The average molecular weight is 561 g/mol. The highest BCUT2D eigenvalue weighted by atomic mass is 35.5. The Morgan fingerprint density at radius 2 is 1.78 bits per heavy atom. The smallest absolute Gasteiger partial charge is 0.272 e. The van der Waals surface area contributed by atoms with Crippen molar-refractivity contribution in [3.63, 3.8) is 0 Å². The number of aromatic amines is 1. The second-order valence-corrected chi connectivity index (χ2v) is 9.37. The first-order valence-corrected chi connectivity index (χ1v) is 12.1. The number of halogens is 4. The van der Waals surface area contributed by atoms with Crippen molar-refractivity contribution in [3.8, 4) is 28.8 Å². The molecule has 1 aromatic carbocycles. The van der Waals surface area contributed by atoms with E-state index in [0.29, 0.717) is 21.8 Å². The minimum atomic E-state index is -4.28. The molecule has 2 N–H and O–H groups in total. The first-order chi connectivity index (χ1) is 17.1. The van der Waals surface area contributed by atoms with Crippen LogP contribution in [0.2, 0.25) is 10.2 Å². The number of benzene rings is 1. The van der Waals surface area contributed by atoms with Gasteiger partial charge in [0.25, 0.3) is 28.2 Å². The maximum Gasteiger partial charge on any atom is 0.272 e. The van der Waals surface area contributed by atoms with Crippen molar-refractivity contribution >= 4 is 50.1 Å². The first-order valence-electron chi connectivity index (χ1n) is 9.86. The van der Waals surface area contributed by atoms with E-state index >= 15 is 0 Å².